The number of nitrogens with one attached hydrogen (secondary N) is 1. The topological polar surface area (TPSA) is 39.7 Å². The second-order valence-electron chi connectivity index (χ2n) is 7.77. The summed E-state index contributed by atoms with van der Waals surface area (Å²) in [6.45, 7) is 7.48. The summed E-state index contributed by atoms with van der Waals surface area (Å²) in [5, 5.41) is 3.47. The van der Waals surface area contributed by atoms with Crippen molar-refractivity contribution in [3.63, 3.8) is 0 Å². The summed E-state index contributed by atoms with van der Waals surface area (Å²) in [4.78, 5) is 0. The summed E-state index contributed by atoms with van der Waals surface area (Å²) >= 11 is 0. The van der Waals surface area contributed by atoms with E-state index in [1.54, 1.807) is 19.1 Å². The lowest BCUT2D eigenvalue weighted by molar-refractivity contribution is 0.0201. The maximum Gasteiger partial charge on any atom is 0.238 e. The first kappa shape index (κ1) is 16.9. The lowest BCUT2D eigenvalue weighted by Gasteiger charge is -2.43. The van der Waals surface area contributed by atoms with E-state index < -0.39 is 11.9 Å². The van der Waals surface area contributed by atoms with E-state index in [1.165, 1.54) is 12.1 Å². The second-order valence-corrected chi connectivity index (χ2v) is 7.77. The maximum atomic E-state index is 13.4. The summed E-state index contributed by atoms with van der Waals surface area (Å²) in [6.07, 6.45) is -0.432. The van der Waals surface area contributed by atoms with Gasteiger partial charge in [-0.2, -0.15) is 0 Å². The standard InChI is InChI=1S/C22H26FNO3/c1-14-25-20-9-8-17(12-21(20)26-14)27-22(2,3)19-13-24-11-10-18(19)15-4-6-16(23)7-5-15/h4-9,12,14,18-19,24H,10-11,13H2,1-3H3/t14?,18-,19+/m0/s1/i14D. The average molecular weight is 372 g/mol. The molecule has 0 bridgehead atoms. The van der Waals surface area contributed by atoms with Crippen LogP contribution in [0, 0.1) is 11.7 Å². The van der Waals surface area contributed by atoms with Crippen molar-refractivity contribution in [3.8, 4) is 17.2 Å². The first-order valence-corrected chi connectivity index (χ1v) is 9.41. The molecule has 1 saturated heterocycles. The van der Waals surface area contributed by atoms with E-state index in [1.807, 2.05) is 18.2 Å². The van der Waals surface area contributed by atoms with E-state index in [2.05, 4.69) is 19.2 Å². The molecule has 0 saturated carbocycles. The highest BCUT2D eigenvalue weighted by Crippen LogP contribution is 2.42. The molecular weight excluding hydrogens is 345 g/mol. The van der Waals surface area contributed by atoms with Crippen molar-refractivity contribution >= 4 is 0 Å². The van der Waals surface area contributed by atoms with E-state index in [0.29, 0.717) is 17.2 Å². The zero-order valence-corrected chi connectivity index (χ0v) is 15.9. The van der Waals surface area contributed by atoms with Crippen LogP contribution in [0.25, 0.3) is 0 Å². The number of benzene rings is 2. The molecule has 0 radical (unpaired) electrons. The number of hydrogen-bond donors (Lipinski definition) is 1. The van der Waals surface area contributed by atoms with E-state index in [9.17, 15) is 4.39 Å². The van der Waals surface area contributed by atoms with Crippen molar-refractivity contribution in [1.29, 1.82) is 0 Å². The summed E-state index contributed by atoms with van der Waals surface area (Å²) < 4.78 is 38.6. The third kappa shape index (κ3) is 3.74. The van der Waals surface area contributed by atoms with Gasteiger partial charge in [0.15, 0.2) is 11.5 Å². The van der Waals surface area contributed by atoms with Crippen LogP contribution < -0.4 is 19.5 Å². The fourth-order valence-corrected chi connectivity index (χ4v) is 4.12. The Balaban J connectivity index is 1.56. The van der Waals surface area contributed by atoms with Gasteiger partial charge < -0.3 is 19.5 Å². The smallest absolute Gasteiger partial charge is 0.238 e. The molecule has 3 atom stereocenters. The highest BCUT2D eigenvalue weighted by Gasteiger charge is 2.40. The van der Waals surface area contributed by atoms with Gasteiger partial charge >= 0.3 is 0 Å². The highest BCUT2D eigenvalue weighted by molar-refractivity contribution is 5.47. The van der Waals surface area contributed by atoms with Gasteiger partial charge in [-0.05, 0) is 62.6 Å². The van der Waals surface area contributed by atoms with Gasteiger partial charge in [0.2, 0.25) is 6.27 Å². The van der Waals surface area contributed by atoms with Crippen LogP contribution in [0.3, 0.4) is 0 Å². The molecule has 0 aromatic heterocycles. The summed E-state index contributed by atoms with van der Waals surface area (Å²) in [5.41, 5.74) is 0.671. The van der Waals surface area contributed by atoms with Crippen molar-refractivity contribution in [2.75, 3.05) is 13.1 Å². The summed E-state index contributed by atoms with van der Waals surface area (Å²) in [6, 6.07) is 12.2. The SMILES string of the molecule is [2H]C1(C)Oc2ccc(OC(C)(C)[C@@H]3CNCC[C@H]3c3ccc(F)cc3)cc2O1. The van der Waals surface area contributed by atoms with Crippen LogP contribution in [0.1, 0.15) is 40.0 Å². The van der Waals surface area contributed by atoms with Crippen LogP contribution in [0.5, 0.6) is 17.2 Å². The van der Waals surface area contributed by atoms with E-state index >= 15 is 0 Å². The minimum atomic E-state index is -1.41. The molecule has 27 heavy (non-hydrogen) atoms. The molecule has 4 nitrogen and oxygen atoms in total. The molecule has 1 fully saturated rings. The molecule has 2 aliphatic heterocycles. The normalized spacial score (nSPS) is 27.9. The molecule has 5 heteroatoms. The molecular formula is C22H26FNO3. The van der Waals surface area contributed by atoms with Gasteiger partial charge in [0, 0.05) is 25.5 Å². The number of halogens is 1. The lowest BCUT2D eigenvalue weighted by atomic mass is 9.73. The van der Waals surface area contributed by atoms with Crippen molar-refractivity contribution in [3.05, 3.63) is 53.8 Å². The molecule has 0 aliphatic carbocycles. The van der Waals surface area contributed by atoms with Crippen molar-refractivity contribution < 1.29 is 20.0 Å². The van der Waals surface area contributed by atoms with Crippen molar-refractivity contribution in [2.45, 2.75) is 45.0 Å². The third-order valence-corrected chi connectivity index (χ3v) is 5.48. The lowest BCUT2D eigenvalue weighted by Crippen LogP contribution is -2.49. The Morgan fingerprint density at radius 2 is 1.89 bits per heavy atom. The monoisotopic (exact) mass is 372 g/mol. The van der Waals surface area contributed by atoms with Gasteiger partial charge in [-0.15, -0.1) is 0 Å². The fraction of sp³-hybridized carbons (Fsp3) is 0.455. The third-order valence-electron chi connectivity index (χ3n) is 5.48. The zero-order chi connectivity index (χ0) is 19.9. The molecule has 2 aromatic carbocycles. The predicted molar refractivity (Wildman–Crippen MR) is 102 cm³/mol. The highest BCUT2D eigenvalue weighted by atomic mass is 19.1. The van der Waals surface area contributed by atoms with Crippen molar-refractivity contribution in [1.82, 2.24) is 5.32 Å². The number of hydrogen-bond acceptors (Lipinski definition) is 4. The van der Waals surface area contributed by atoms with Crippen LogP contribution in [-0.2, 0) is 0 Å². The van der Waals surface area contributed by atoms with Gasteiger partial charge in [-0.3, -0.25) is 0 Å². The number of piperidine rings is 1. The van der Waals surface area contributed by atoms with Gasteiger partial charge in [0.1, 0.15) is 18.5 Å². The minimum Gasteiger partial charge on any atom is -0.487 e. The Kier molecular flexibility index (Phi) is 4.40. The Hall–Kier alpha value is -2.27. The molecule has 4 rings (SSSR count). The molecule has 0 amide bonds. The van der Waals surface area contributed by atoms with Crippen LogP contribution in [0.15, 0.2) is 42.5 Å². The first-order valence-electron chi connectivity index (χ1n) is 9.91. The molecule has 2 heterocycles. The first-order chi connectivity index (χ1) is 13.2. The van der Waals surface area contributed by atoms with E-state index in [0.717, 1.165) is 25.1 Å². The minimum absolute atomic E-state index is 0.207. The molecule has 144 valence electrons. The van der Waals surface area contributed by atoms with E-state index in [4.69, 9.17) is 15.6 Å². The number of fused-ring (bicyclic) bond motifs is 1. The van der Waals surface area contributed by atoms with Crippen LogP contribution >= 0.6 is 0 Å². The molecule has 1 N–H and O–H groups in total. The van der Waals surface area contributed by atoms with Gasteiger partial charge in [-0.25, -0.2) is 4.39 Å². The van der Waals surface area contributed by atoms with Crippen molar-refractivity contribution in [2.24, 2.45) is 5.92 Å². The maximum absolute atomic E-state index is 13.4. The van der Waals surface area contributed by atoms with Gasteiger partial charge in [0.25, 0.3) is 0 Å². The Morgan fingerprint density at radius 3 is 2.67 bits per heavy atom. The van der Waals surface area contributed by atoms with Gasteiger partial charge in [0.05, 0.1) is 0 Å². The second kappa shape index (κ2) is 7.04. The zero-order valence-electron chi connectivity index (χ0n) is 16.9. The largest absolute Gasteiger partial charge is 0.487 e. The quantitative estimate of drug-likeness (QED) is 0.858. The van der Waals surface area contributed by atoms with Crippen LogP contribution in [-0.4, -0.2) is 25.0 Å². The fourth-order valence-electron chi connectivity index (χ4n) is 4.12. The summed E-state index contributed by atoms with van der Waals surface area (Å²) in [5.74, 6) is 2.01. The predicted octanol–water partition coefficient (Wildman–Crippen LogP) is 4.49. The molecule has 0 spiro atoms. The van der Waals surface area contributed by atoms with Crippen LogP contribution in [0.4, 0.5) is 4.39 Å². The molecule has 1 unspecified atom stereocenters. The summed E-state index contributed by atoms with van der Waals surface area (Å²) in [7, 11) is 0. The Bertz CT molecular complexity index is 853. The molecule has 2 aliphatic rings. The van der Waals surface area contributed by atoms with Gasteiger partial charge in [-0.1, -0.05) is 12.1 Å². The number of rotatable bonds is 4. The van der Waals surface area contributed by atoms with E-state index in [-0.39, 0.29) is 17.7 Å². The Morgan fingerprint density at radius 1 is 1.15 bits per heavy atom. The average Bonchev–Trinajstić information content (AvgIpc) is 2.95. The Labute approximate surface area is 161 Å². The van der Waals surface area contributed by atoms with Crippen LogP contribution in [0.2, 0.25) is 0 Å². The molecule has 2 aromatic rings. The number of ether oxygens (including phenoxy) is 3.